The number of anilines is 3. The van der Waals surface area contributed by atoms with E-state index in [4.69, 9.17) is 4.42 Å². The molecule has 3 aromatic rings. The van der Waals surface area contributed by atoms with Crippen LogP contribution in [0.15, 0.2) is 50.6 Å². The SMILES string of the molecule is CNC(=O)c1cccc(Nc2c(NC(C)c3ccco3)c(=O)c2=O)c1O. The number of hydrogen-bond donors (Lipinski definition) is 4. The molecule has 0 fully saturated rings. The van der Waals surface area contributed by atoms with Gasteiger partial charge in [-0.25, -0.2) is 0 Å². The summed E-state index contributed by atoms with van der Waals surface area (Å²) in [7, 11) is 1.44. The van der Waals surface area contributed by atoms with Gasteiger partial charge in [-0.05, 0) is 31.2 Å². The Balaban J connectivity index is 1.88. The fraction of sp³-hybridized carbons (Fsp3) is 0.167. The molecule has 8 nitrogen and oxygen atoms in total. The Morgan fingerprint density at radius 2 is 1.85 bits per heavy atom. The van der Waals surface area contributed by atoms with E-state index in [9.17, 15) is 19.5 Å². The molecule has 3 rings (SSSR count). The van der Waals surface area contributed by atoms with Crippen molar-refractivity contribution in [2.24, 2.45) is 0 Å². The summed E-state index contributed by atoms with van der Waals surface area (Å²) in [5, 5.41) is 18.3. The minimum absolute atomic E-state index is 0.0257. The van der Waals surface area contributed by atoms with Gasteiger partial charge in [0.05, 0.1) is 23.6 Å². The van der Waals surface area contributed by atoms with Gasteiger partial charge in [0, 0.05) is 7.05 Å². The zero-order valence-corrected chi connectivity index (χ0v) is 14.1. The number of aromatic hydroxyl groups is 1. The van der Waals surface area contributed by atoms with Crippen molar-refractivity contribution in [2.45, 2.75) is 13.0 Å². The molecule has 0 saturated heterocycles. The zero-order chi connectivity index (χ0) is 18.8. The Morgan fingerprint density at radius 3 is 2.50 bits per heavy atom. The third-order valence-corrected chi connectivity index (χ3v) is 4.01. The molecule has 2 aromatic carbocycles. The quantitative estimate of drug-likeness (QED) is 0.393. The molecule has 26 heavy (non-hydrogen) atoms. The van der Waals surface area contributed by atoms with Crippen LogP contribution in [-0.4, -0.2) is 18.1 Å². The summed E-state index contributed by atoms with van der Waals surface area (Å²) >= 11 is 0. The van der Waals surface area contributed by atoms with Crippen LogP contribution in [0.5, 0.6) is 5.75 Å². The van der Waals surface area contributed by atoms with Crippen LogP contribution in [0.25, 0.3) is 0 Å². The molecule has 8 heteroatoms. The number of benzene rings is 1. The van der Waals surface area contributed by atoms with Crippen LogP contribution in [0.4, 0.5) is 17.1 Å². The molecule has 0 aliphatic rings. The Labute approximate surface area is 148 Å². The Kier molecular flexibility index (Phi) is 4.49. The number of furan rings is 1. The highest BCUT2D eigenvalue weighted by Gasteiger charge is 2.25. The number of para-hydroxylation sites is 1. The fourth-order valence-corrected chi connectivity index (χ4v) is 2.57. The van der Waals surface area contributed by atoms with Crippen molar-refractivity contribution in [1.82, 2.24) is 5.32 Å². The minimum atomic E-state index is -0.705. The van der Waals surface area contributed by atoms with E-state index in [1.165, 1.54) is 25.4 Å². The fourth-order valence-electron chi connectivity index (χ4n) is 2.57. The van der Waals surface area contributed by atoms with Crippen LogP contribution in [0.2, 0.25) is 0 Å². The van der Waals surface area contributed by atoms with E-state index < -0.39 is 16.8 Å². The molecule has 134 valence electrons. The first-order valence-corrected chi connectivity index (χ1v) is 7.88. The smallest absolute Gasteiger partial charge is 0.254 e. The van der Waals surface area contributed by atoms with Crippen molar-refractivity contribution in [3.05, 3.63) is 68.4 Å². The van der Waals surface area contributed by atoms with Crippen molar-refractivity contribution < 1.29 is 14.3 Å². The van der Waals surface area contributed by atoms with E-state index in [0.29, 0.717) is 5.76 Å². The molecule has 1 unspecified atom stereocenters. The van der Waals surface area contributed by atoms with Gasteiger partial charge in [-0.1, -0.05) is 6.07 Å². The number of amides is 1. The lowest BCUT2D eigenvalue weighted by Crippen LogP contribution is -2.37. The highest BCUT2D eigenvalue weighted by atomic mass is 16.3. The second kappa shape index (κ2) is 6.75. The van der Waals surface area contributed by atoms with E-state index >= 15 is 0 Å². The van der Waals surface area contributed by atoms with Crippen molar-refractivity contribution in [3.63, 3.8) is 0 Å². The van der Waals surface area contributed by atoms with Crippen molar-refractivity contribution >= 4 is 23.0 Å². The van der Waals surface area contributed by atoms with Crippen molar-refractivity contribution in [3.8, 4) is 5.75 Å². The van der Waals surface area contributed by atoms with E-state index in [0.717, 1.165) is 0 Å². The van der Waals surface area contributed by atoms with Crippen LogP contribution in [0.3, 0.4) is 0 Å². The van der Waals surface area contributed by atoms with Gasteiger partial charge in [0.1, 0.15) is 17.1 Å². The Morgan fingerprint density at radius 1 is 1.12 bits per heavy atom. The van der Waals surface area contributed by atoms with Gasteiger partial charge >= 0.3 is 0 Å². The maximum Gasteiger partial charge on any atom is 0.254 e. The summed E-state index contributed by atoms with van der Waals surface area (Å²) in [6, 6.07) is 7.63. The molecule has 0 radical (unpaired) electrons. The number of phenols is 1. The minimum Gasteiger partial charge on any atom is -0.505 e. The summed E-state index contributed by atoms with van der Waals surface area (Å²) in [4.78, 5) is 35.6. The van der Waals surface area contributed by atoms with Crippen molar-refractivity contribution in [2.75, 3.05) is 17.7 Å². The molecule has 0 aliphatic heterocycles. The Bertz CT molecular complexity index is 1020. The lowest BCUT2D eigenvalue weighted by atomic mass is 10.1. The number of phenolic OH excluding ortho intramolecular Hbond substituents is 1. The number of carbonyl (C=O) groups is 1. The second-order valence-electron chi connectivity index (χ2n) is 5.70. The van der Waals surface area contributed by atoms with Gasteiger partial charge in [0.15, 0.2) is 5.75 Å². The first-order valence-electron chi connectivity index (χ1n) is 7.88. The van der Waals surface area contributed by atoms with Crippen molar-refractivity contribution in [1.29, 1.82) is 0 Å². The lowest BCUT2D eigenvalue weighted by Gasteiger charge is -2.19. The van der Waals surface area contributed by atoms with E-state index in [1.54, 1.807) is 25.1 Å². The topological polar surface area (TPSA) is 121 Å². The van der Waals surface area contributed by atoms with Gasteiger partial charge in [-0.2, -0.15) is 0 Å². The van der Waals surface area contributed by atoms with E-state index in [2.05, 4.69) is 16.0 Å². The third-order valence-electron chi connectivity index (χ3n) is 4.01. The van der Waals surface area contributed by atoms with E-state index in [1.807, 2.05) is 0 Å². The predicted octanol–water partition coefficient (Wildman–Crippen LogP) is 1.86. The highest BCUT2D eigenvalue weighted by molar-refractivity contribution is 5.99. The number of nitrogens with one attached hydrogen (secondary N) is 3. The molecule has 1 amide bonds. The van der Waals surface area contributed by atoms with Gasteiger partial charge in [-0.3, -0.25) is 14.4 Å². The summed E-state index contributed by atoms with van der Waals surface area (Å²) in [5.74, 6) is -0.181. The lowest BCUT2D eigenvalue weighted by molar-refractivity contribution is 0.0960. The molecule has 4 N–H and O–H groups in total. The summed E-state index contributed by atoms with van der Waals surface area (Å²) < 4.78 is 5.27. The van der Waals surface area contributed by atoms with Crippen LogP contribution < -0.4 is 26.8 Å². The maximum atomic E-state index is 11.9. The first-order chi connectivity index (χ1) is 12.4. The molecular weight excluding hydrogens is 338 g/mol. The van der Waals surface area contributed by atoms with Crippen LogP contribution >= 0.6 is 0 Å². The van der Waals surface area contributed by atoms with Gasteiger partial charge in [0.25, 0.3) is 16.8 Å². The standard InChI is InChI=1S/C18H17N3O5/c1-9(12-7-4-8-26-12)20-13-14(17(24)16(13)23)21-11-6-3-5-10(15(11)22)18(25)19-2/h3-9,20-22H,1-2H3,(H,19,25). The zero-order valence-electron chi connectivity index (χ0n) is 14.1. The normalized spacial score (nSPS) is 11.9. The third kappa shape index (κ3) is 2.92. The number of rotatable bonds is 6. The molecule has 0 aliphatic carbocycles. The predicted molar refractivity (Wildman–Crippen MR) is 96.9 cm³/mol. The molecule has 0 saturated carbocycles. The molecular formula is C18H17N3O5. The largest absolute Gasteiger partial charge is 0.505 e. The van der Waals surface area contributed by atoms with Gasteiger partial charge < -0.3 is 25.5 Å². The molecule has 1 heterocycles. The molecule has 0 bridgehead atoms. The van der Waals surface area contributed by atoms with Gasteiger partial charge in [0.2, 0.25) is 0 Å². The summed E-state index contributed by atoms with van der Waals surface area (Å²) in [5.41, 5.74) is -1.04. The first kappa shape index (κ1) is 17.3. The Hall–Kier alpha value is -3.55. The number of hydrogen-bond acceptors (Lipinski definition) is 7. The molecule has 0 spiro atoms. The number of carbonyl (C=O) groups excluding carboxylic acids is 1. The highest BCUT2D eigenvalue weighted by Crippen LogP contribution is 2.32. The monoisotopic (exact) mass is 355 g/mol. The summed E-state index contributed by atoms with van der Waals surface area (Å²) in [6.45, 7) is 1.78. The maximum absolute atomic E-state index is 11.9. The molecule has 1 atom stereocenters. The average Bonchev–Trinajstić information content (AvgIpc) is 3.19. The average molecular weight is 355 g/mol. The van der Waals surface area contributed by atoms with Crippen LogP contribution in [-0.2, 0) is 0 Å². The summed E-state index contributed by atoms with van der Waals surface area (Å²) in [6.07, 6.45) is 1.51. The van der Waals surface area contributed by atoms with Crippen LogP contribution in [0.1, 0.15) is 29.1 Å². The second-order valence-corrected chi connectivity index (χ2v) is 5.70. The molecule has 1 aromatic heterocycles. The van der Waals surface area contributed by atoms with E-state index in [-0.39, 0.29) is 34.4 Å². The van der Waals surface area contributed by atoms with Crippen LogP contribution in [0, 0.1) is 0 Å². The van der Waals surface area contributed by atoms with Gasteiger partial charge in [-0.15, -0.1) is 0 Å².